The highest BCUT2D eigenvalue weighted by Crippen LogP contribution is 2.22. The normalized spacial score (nSPS) is 11.2. The average molecular weight is 308 g/mol. The van der Waals surface area contributed by atoms with Crippen molar-refractivity contribution >= 4 is 15.7 Å². The molecular formula is C13H12N2O5S. The molecule has 0 radical (unpaired) electrons. The molecule has 8 heteroatoms. The summed E-state index contributed by atoms with van der Waals surface area (Å²) in [5.74, 6) is -0.382. The second-order valence-electron chi connectivity index (χ2n) is 4.18. The van der Waals surface area contributed by atoms with E-state index in [0.29, 0.717) is 0 Å². The third kappa shape index (κ3) is 3.36. The summed E-state index contributed by atoms with van der Waals surface area (Å²) in [5, 5.41) is 20.4. The van der Waals surface area contributed by atoms with Gasteiger partial charge in [0.2, 0.25) is 10.0 Å². The number of nitro groups is 1. The summed E-state index contributed by atoms with van der Waals surface area (Å²) in [6.07, 6.45) is 0. The van der Waals surface area contributed by atoms with Gasteiger partial charge in [0.25, 0.3) is 5.69 Å². The van der Waals surface area contributed by atoms with Gasteiger partial charge in [0.1, 0.15) is 10.6 Å². The molecule has 2 rings (SSSR count). The van der Waals surface area contributed by atoms with Crippen LogP contribution in [0.1, 0.15) is 5.56 Å². The summed E-state index contributed by atoms with van der Waals surface area (Å²) in [4.78, 5) is 10.0. The maximum atomic E-state index is 12.1. The molecule has 2 aromatic carbocycles. The Bertz CT molecular complexity index is 774. The number of para-hydroxylation sites is 2. The SMILES string of the molecule is O=[N+]([O-])c1ccccc1CNS(=O)(=O)c1ccccc1O. The number of rotatable bonds is 5. The summed E-state index contributed by atoms with van der Waals surface area (Å²) < 4.78 is 26.4. The van der Waals surface area contributed by atoms with Gasteiger partial charge in [0.15, 0.2) is 0 Å². The fraction of sp³-hybridized carbons (Fsp3) is 0.0769. The Hall–Kier alpha value is -2.45. The van der Waals surface area contributed by atoms with Crippen LogP contribution < -0.4 is 4.72 Å². The summed E-state index contributed by atoms with van der Waals surface area (Å²) >= 11 is 0. The molecule has 0 aromatic heterocycles. The van der Waals surface area contributed by atoms with Gasteiger partial charge in [-0.2, -0.15) is 0 Å². The van der Waals surface area contributed by atoms with Crippen molar-refractivity contribution in [2.45, 2.75) is 11.4 Å². The number of phenolic OH excluding ortho intramolecular Hbond substituents is 1. The third-order valence-electron chi connectivity index (χ3n) is 2.80. The van der Waals surface area contributed by atoms with Crippen molar-refractivity contribution in [3.8, 4) is 5.75 Å². The largest absolute Gasteiger partial charge is 0.507 e. The van der Waals surface area contributed by atoms with Crippen molar-refractivity contribution < 1.29 is 18.4 Å². The molecule has 0 aliphatic heterocycles. The van der Waals surface area contributed by atoms with Gasteiger partial charge in [0, 0.05) is 18.2 Å². The Balaban J connectivity index is 2.24. The Kier molecular flexibility index (Phi) is 4.20. The molecule has 21 heavy (non-hydrogen) atoms. The molecule has 0 bridgehead atoms. The molecule has 0 spiro atoms. The van der Waals surface area contributed by atoms with Crippen LogP contribution in [0.15, 0.2) is 53.4 Å². The quantitative estimate of drug-likeness (QED) is 0.646. The highest BCUT2D eigenvalue weighted by Gasteiger charge is 2.20. The lowest BCUT2D eigenvalue weighted by Gasteiger charge is -2.08. The molecule has 0 unspecified atom stereocenters. The molecular weight excluding hydrogens is 296 g/mol. The zero-order valence-electron chi connectivity index (χ0n) is 10.8. The van der Waals surface area contributed by atoms with E-state index in [9.17, 15) is 23.6 Å². The van der Waals surface area contributed by atoms with Gasteiger partial charge in [-0.1, -0.05) is 30.3 Å². The van der Waals surface area contributed by atoms with E-state index >= 15 is 0 Å². The van der Waals surface area contributed by atoms with E-state index in [1.807, 2.05) is 0 Å². The predicted molar refractivity (Wildman–Crippen MR) is 75.2 cm³/mol. The maximum Gasteiger partial charge on any atom is 0.273 e. The molecule has 0 amide bonds. The van der Waals surface area contributed by atoms with Gasteiger partial charge in [-0.15, -0.1) is 0 Å². The van der Waals surface area contributed by atoms with Gasteiger partial charge in [-0.25, -0.2) is 13.1 Å². The lowest BCUT2D eigenvalue weighted by Crippen LogP contribution is -2.23. The van der Waals surface area contributed by atoms with E-state index in [1.54, 1.807) is 6.07 Å². The number of nitrogens with one attached hydrogen (secondary N) is 1. The Morgan fingerprint density at radius 2 is 1.71 bits per heavy atom. The number of sulfonamides is 1. The monoisotopic (exact) mass is 308 g/mol. The molecule has 0 saturated carbocycles. The fourth-order valence-corrected chi connectivity index (χ4v) is 2.88. The first kappa shape index (κ1) is 14.9. The van der Waals surface area contributed by atoms with E-state index in [0.717, 1.165) is 0 Å². The zero-order valence-corrected chi connectivity index (χ0v) is 11.6. The number of hydrogen-bond donors (Lipinski definition) is 2. The van der Waals surface area contributed by atoms with Crippen LogP contribution in [0.3, 0.4) is 0 Å². The van der Waals surface area contributed by atoms with Crippen molar-refractivity contribution in [1.29, 1.82) is 0 Å². The van der Waals surface area contributed by atoms with Crippen LogP contribution in [0.25, 0.3) is 0 Å². The fourth-order valence-electron chi connectivity index (χ4n) is 1.77. The first-order valence-corrected chi connectivity index (χ1v) is 7.40. The van der Waals surface area contributed by atoms with Gasteiger partial charge < -0.3 is 5.11 Å². The third-order valence-corrected chi connectivity index (χ3v) is 4.24. The minimum absolute atomic E-state index is 0.169. The van der Waals surface area contributed by atoms with Crippen LogP contribution >= 0.6 is 0 Å². The van der Waals surface area contributed by atoms with Crippen LogP contribution in [0.4, 0.5) is 5.69 Å². The predicted octanol–water partition coefficient (Wildman–Crippen LogP) is 1.78. The molecule has 110 valence electrons. The molecule has 2 N–H and O–H groups in total. The summed E-state index contributed by atoms with van der Waals surface area (Å²) in [5.41, 5.74) is 0.0685. The van der Waals surface area contributed by atoms with Crippen molar-refractivity contribution in [3.63, 3.8) is 0 Å². The lowest BCUT2D eigenvalue weighted by atomic mass is 10.2. The number of benzene rings is 2. The van der Waals surface area contributed by atoms with Crippen LogP contribution in [0, 0.1) is 10.1 Å². The lowest BCUT2D eigenvalue weighted by molar-refractivity contribution is -0.385. The second-order valence-corrected chi connectivity index (χ2v) is 5.91. The summed E-state index contributed by atoms with van der Waals surface area (Å²) in [7, 11) is -3.95. The van der Waals surface area contributed by atoms with Crippen LogP contribution in [0.5, 0.6) is 5.75 Å². The highest BCUT2D eigenvalue weighted by atomic mass is 32.2. The molecule has 0 fully saturated rings. The molecule has 0 saturated heterocycles. The molecule has 0 atom stereocenters. The number of hydrogen-bond acceptors (Lipinski definition) is 5. The van der Waals surface area contributed by atoms with Crippen molar-refractivity contribution in [2.75, 3.05) is 0 Å². The number of aromatic hydroxyl groups is 1. The van der Waals surface area contributed by atoms with E-state index in [-0.39, 0.29) is 28.4 Å². The van der Waals surface area contributed by atoms with E-state index in [1.165, 1.54) is 42.5 Å². The molecule has 0 heterocycles. The minimum atomic E-state index is -3.95. The highest BCUT2D eigenvalue weighted by molar-refractivity contribution is 7.89. The van der Waals surface area contributed by atoms with Crippen LogP contribution in [-0.2, 0) is 16.6 Å². The van der Waals surface area contributed by atoms with Crippen molar-refractivity contribution in [3.05, 3.63) is 64.2 Å². The molecule has 7 nitrogen and oxygen atoms in total. The first-order chi connectivity index (χ1) is 9.92. The van der Waals surface area contributed by atoms with Gasteiger partial charge >= 0.3 is 0 Å². The molecule has 0 aliphatic carbocycles. The Morgan fingerprint density at radius 1 is 1.10 bits per heavy atom. The van der Waals surface area contributed by atoms with Gasteiger partial charge in [-0.05, 0) is 12.1 Å². The van der Waals surface area contributed by atoms with E-state index in [4.69, 9.17) is 0 Å². The van der Waals surface area contributed by atoms with Crippen molar-refractivity contribution in [1.82, 2.24) is 4.72 Å². The number of phenols is 1. The Morgan fingerprint density at radius 3 is 2.38 bits per heavy atom. The van der Waals surface area contributed by atoms with Crippen LogP contribution in [0.2, 0.25) is 0 Å². The second kappa shape index (κ2) is 5.90. The van der Waals surface area contributed by atoms with Gasteiger partial charge in [-0.3, -0.25) is 10.1 Å². The van der Waals surface area contributed by atoms with Crippen LogP contribution in [-0.4, -0.2) is 18.4 Å². The topological polar surface area (TPSA) is 110 Å². The van der Waals surface area contributed by atoms with Crippen molar-refractivity contribution in [2.24, 2.45) is 0 Å². The smallest absolute Gasteiger partial charge is 0.273 e. The molecule has 0 aliphatic rings. The first-order valence-electron chi connectivity index (χ1n) is 5.92. The Labute approximate surface area is 121 Å². The summed E-state index contributed by atoms with van der Waals surface area (Å²) in [6, 6.07) is 11.3. The standard InChI is InChI=1S/C13H12N2O5S/c16-12-7-3-4-8-13(12)21(19,20)14-9-10-5-1-2-6-11(10)15(17)18/h1-8,14,16H,9H2. The number of nitrogens with zero attached hydrogens (tertiary/aromatic N) is 1. The average Bonchev–Trinajstić information content (AvgIpc) is 2.45. The summed E-state index contributed by atoms with van der Waals surface area (Å²) in [6.45, 7) is -0.242. The minimum Gasteiger partial charge on any atom is -0.507 e. The number of nitro benzene ring substituents is 1. The van der Waals surface area contributed by atoms with Gasteiger partial charge in [0.05, 0.1) is 4.92 Å². The molecule has 2 aromatic rings. The zero-order chi connectivity index (χ0) is 15.5. The maximum absolute atomic E-state index is 12.1. The van der Waals surface area contributed by atoms with E-state index in [2.05, 4.69) is 4.72 Å². The van der Waals surface area contributed by atoms with E-state index < -0.39 is 14.9 Å².